The van der Waals surface area contributed by atoms with Crippen LogP contribution in [-0.2, 0) is 16.0 Å². The van der Waals surface area contributed by atoms with Gasteiger partial charge >= 0.3 is 5.97 Å². The Morgan fingerprint density at radius 3 is 2.47 bits per heavy atom. The van der Waals surface area contributed by atoms with Crippen molar-refractivity contribution in [2.75, 3.05) is 13.2 Å². The number of aliphatic carboxylic acids is 1. The Morgan fingerprint density at radius 1 is 1.08 bits per heavy atom. The molecule has 6 nitrogen and oxygen atoms in total. The Hall–Kier alpha value is -4.18. The highest BCUT2D eigenvalue weighted by atomic mass is 19.1. The summed E-state index contributed by atoms with van der Waals surface area (Å²) in [6.07, 6.45) is 1.67. The standard InChI is InChI=1S/C29H27FN2O4/c30-26-16-23(22-10-8-21(18-31)9-11-22)12-13-27(26)36-19-25-15-24(17-28(33)34)29(35)32(25)14-4-7-20-5-2-1-3-6-20/h1-3,5-6,8-13,16,24-25H,4,7,14-15,17,19H2,(H,33,34)/t24-,25-/m0/s1. The van der Waals surface area contributed by atoms with Gasteiger partial charge in [0.05, 0.1) is 30.0 Å². The van der Waals surface area contributed by atoms with Crippen LogP contribution in [-0.4, -0.2) is 41.1 Å². The van der Waals surface area contributed by atoms with Crippen LogP contribution in [0.15, 0.2) is 72.8 Å². The fraction of sp³-hybridized carbons (Fsp3) is 0.276. The van der Waals surface area contributed by atoms with Crippen molar-refractivity contribution in [1.29, 1.82) is 5.26 Å². The first-order valence-electron chi connectivity index (χ1n) is 11.9. The first kappa shape index (κ1) is 24.9. The lowest BCUT2D eigenvalue weighted by molar-refractivity contribution is -0.142. The smallest absolute Gasteiger partial charge is 0.304 e. The predicted molar refractivity (Wildman–Crippen MR) is 133 cm³/mol. The number of ether oxygens (including phenoxy) is 1. The van der Waals surface area contributed by atoms with Gasteiger partial charge in [0.1, 0.15) is 6.61 Å². The molecular weight excluding hydrogens is 459 g/mol. The third-order valence-corrected chi connectivity index (χ3v) is 6.47. The maximum Gasteiger partial charge on any atom is 0.304 e. The Bertz CT molecular complexity index is 1250. The van der Waals surface area contributed by atoms with Crippen LogP contribution in [0.25, 0.3) is 11.1 Å². The number of nitriles is 1. The van der Waals surface area contributed by atoms with Gasteiger partial charge in [-0.2, -0.15) is 5.26 Å². The van der Waals surface area contributed by atoms with E-state index in [1.54, 1.807) is 41.3 Å². The largest absolute Gasteiger partial charge is 0.488 e. The van der Waals surface area contributed by atoms with Crippen molar-refractivity contribution in [3.05, 3.63) is 89.7 Å². The number of aryl methyl sites for hydroxylation is 1. The minimum atomic E-state index is -1.01. The molecule has 36 heavy (non-hydrogen) atoms. The third-order valence-electron chi connectivity index (χ3n) is 6.47. The number of carbonyl (C=O) groups is 2. The zero-order valence-electron chi connectivity index (χ0n) is 19.8. The van der Waals surface area contributed by atoms with E-state index < -0.39 is 17.7 Å². The van der Waals surface area contributed by atoms with E-state index in [0.717, 1.165) is 18.4 Å². The number of amides is 1. The van der Waals surface area contributed by atoms with E-state index in [1.165, 1.54) is 11.6 Å². The molecule has 7 heteroatoms. The third kappa shape index (κ3) is 6.08. The van der Waals surface area contributed by atoms with Crippen LogP contribution < -0.4 is 4.74 Å². The summed E-state index contributed by atoms with van der Waals surface area (Å²) in [5.74, 6) is -2.25. The molecular formula is C29H27FN2O4. The van der Waals surface area contributed by atoms with Crippen LogP contribution >= 0.6 is 0 Å². The number of hydrogen-bond donors (Lipinski definition) is 1. The molecule has 1 amide bonds. The van der Waals surface area contributed by atoms with E-state index in [1.807, 2.05) is 30.3 Å². The van der Waals surface area contributed by atoms with Crippen molar-refractivity contribution in [1.82, 2.24) is 4.90 Å². The zero-order valence-corrected chi connectivity index (χ0v) is 19.8. The van der Waals surface area contributed by atoms with Gasteiger partial charge < -0.3 is 14.7 Å². The maximum atomic E-state index is 14.8. The predicted octanol–water partition coefficient (Wildman–Crippen LogP) is 5.07. The Morgan fingerprint density at radius 2 is 1.81 bits per heavy atom. The molecule has 0 unspecified atom stereocenters. The highest BCUT2D eigenvalue weighted by Crippen LogP contribution is 2.30. The molecule has 184 valence electrons. The highest BCUT2D eigenvalue weighted by Gasteiger charge is 2.40. The van der Waals surface area contributed by atoms with E-state index >= 15 is 0 Å². The molecule has 0 radical (unpaired) electrons. The van der Waals surface area contributed by atoms with Crippen molar-refractivity contribution >= 4 is 11.9 Å². The molecule has 0 spiro atoms. The Kier molecular flexibility index (Phi) is 7.96. The molecule has 1 heterocycles. The van der Waals surface area contributed by atoms with Crippen molar-refractivity contribution in [3.63, 3.8) is 0 Å². The monoisotopic (exact) mass is 486 g/mol. The summed E-state index contributed by atoms with van der Waals surface area (Å²) in [4.78, 5) is 25.9. The minimum Gasteiger partial charge on any atom is -0.488 e. The van der Waals surface area contributed by atoms with Gasteiger partial charge in [0, 0.05) is 6.54 Å². The number of rotatable bonds is 10. The summed E-state index contributed by atoms with van der Waals surface area (Å²) >= 11 is 0. The highest BCUT2D eigenvalue weighted by molar-refractivity contribution is 5.85. The van der Waals surface area contributed by atoms with Crippen molar-refractivity contribution in [3.8, 4) is 22.9 Å². The van der Waals surface area contributed by atoms with Gasteiger partial charge in [0.25, 0.3) is 0 Å². The molecule has 2 atom stereocenters. The fourth-order valence-electron chi connectivity index (χ4n) is 4.62. The molecule has 4 rings (SSSR count). The summed E-state index contributed by atoms with van der Waals surface area (Å²) in [5.41, 5.74) is 3.13. The number of halogens is 1. The van der Waals surface area contributed by atoms with Crippen molar-refractivity contribution in [2.45, 2.75) is 31.7 Å². The first-order chi connectivity index (χ1) is 17.4. The summed E-state index contributed by atoms with van der Waals surface area (Å²) in [6.45, 7) is 0.568. The van der Waals surface area contributed by atoms with Gasteiger partial charge in [-0.05, 0) is 60.2 Å². The van der Waals surface area contributed by atoms with Crippen molar-refractivity contribution < 1.29 is 23.8 Å². The molecule has 1 N–H and O–H groups in total. The maximum absolute atomic E-state index is 14.8. The first-order valence-corrected chi connectivity index (χ1v) is 11.9. The van der Waals surface area contributed by atoms with E-state index in [0.29, 0.717) is 24.1 Å². The summed E-state index contributed by atoms with van der Waals surface area (Å²) in [6, 6.07) is 23.2. The molecule has 0 aliphatic carbocycles. The molecule has 0 aromatic heterocycles. The minimum absolute atomic E-state index is 0.0748. The Balaban J connectivity index is 1.41. The molecule has 0 bridgehead atoms. The quantitative estimate of drug-likeness (QED) is 0.432. The van der Waals surface area contributed by atoms with Gasteiger partial charge in [0.15, 0.2) is 11.6 Å². The number of hydrogen-bond acceptors (Lipinski definition) is 4. The lowest BCUT2D eigenvalue weighted by Crippen LogP contribution is -2.38. The van der Waals surface area contributed by atoms with Crippen LogP contribution in [0.2, 0.25) is 0 Å². The molecule has 0 saturated carbocycles. The van der Waals surface area contributed by atoms with E-state index in [4.69, 9.17) is 10.00 Å². The zero-order chi connectivity index (χ0) is 25.5. The van der Waals surface area contributed by atoms with Gasteiger partial charge in [0.2, 0.25) is 5.91 Å². The SMILES string of the molecule is N#Cc1ccc(-c2ccc(OC[C@@H]3C[C@@H](CC(=O)O)C(=O)N3CCCc3ccccc3)c(F)c2)cc1. The normalized spacial score (nSPS) is 17.1. The van der Waals surface area contributed by atoms with Crippen LogP contribution in [0.1, 0.15) is 30.4 Å². The van der Waals surface area contributed by atoms with Gasteiger partial charge in [-0.3, -0.25) is 9.59 Å². The van der Waals surface area contributed by atoms with Gasteiger partial charge in [-0.25, -0.2) is 4.39 Å². The van der Waals surface area contributed by atoms with Gasteiger partial charge in [-0.1, -0.05) is 48.5 Å². The molecule has 1 saturated heterocycles. The van der Waals surface area contributed by atoms with Crippen molar-refractivity contribution in [2.24, 2.45) is 5.92 Å². The molecule has 1 aliphatic heterocycles. The fourth-order valence-corrected chi connectivity index (χ4v) is 4.62. The summed E-state index contributed by atoms with van der Waals surface area (Å²) < 4.78 is 20.6. The molecule has 3 aromatic carbocycles. The molecule has 1 aliphatic rings. The van der Waals surface area contributed by atoms with E-state index in [2.05, 4.69) is 6.07 Å². The number of nitrogens with zero attached hydrogens (tertiary/aromatic N) is 2. The number of carboxylic acids is 1. The van der Waals surface area contributed by atoms with Crippen LogP contribution in [0.4, 0.5) is 4.39 Å². The lowest BCUT2D eigenvalue weighted by atomic mass is 10.0. The second-order valence-electron chi connectivity index (χ2n) is 8.95. The van der Waals surface area contributed by atoms with Crippen LogP contribution in [0.3, 0.4) is 0 Å². The Labute approximate surface area is 209 Å². The topological polar surface area (TPSA) is 90.6 Å². The summed E-state index contributed by atoms with van der Waals surface area (Å²) in [7, 11) is 0. The molecule has 3 aromatic rings. The van der Waals surface area contributed by atoms with Gasteiger partial charge in [-0.15, -0.1) is 0 Å². The van der Waals surface area contributed by atoms with E-state index in [-0.39, 0.29) is 30.7 Å². The molecule has 1 fully saturated rings. The lowest BCUT2D eigenvalue weighted by Gasteiger charge is -2.25. The van der Waals surface area contributed by atoms with Crippen LogP contribution in [0.5, 0.6) is 5.75 Å². The average molecular weight is 487 g/mol. The average Bonchev–Trinajstić information content (AvgIpc) is 3.17. The van der Waals surface area contributed by atoms with Crippen LogP contribution in [0, 0.1) is 23.1 Å². The number of carboxylic acid groups (broad SMARTS) is 1. The number of benzene rings is 3. The second-order valence-corrected chi connectivity index (χ2v) is 8.95. The van der Waals surface area contributed by atoms with E-state index in [9.17, 15) is 19.1 Å². The number of likely N-dealkylation sites (tertiary alicyclic amines) is 1. The summed E-state index contributed by atoms with van der Waals surface area (Å²) in [5, 5.41) is 18.2. The second kappa shape index (κ2) is 11.5. The number of carbonyl (C=O) groups excluding carboxylic acids is 1.